The summed E-state index contributed by atoms with van der Waals surface area (Å²) in [6.07, 6.45) is -4.34. The number of hydrogen-bond acceptors (Lipinski definition) is 8. The number of ether oxygens (including phenoxy) is 6. The molecule has 6 unspecified atom stereocenters. The molecule has 1 aromatic carbocycles. The topological polar surface area (TPSA) is 122 Å². The minimum atomic E-state index is -1.15. The molecule has 0 aromatic heterocycles. The lowest BCUT2D eigenvalue weighted by Crippen LogP contribution is -2.70. The molecule has 2 N–H and O–H groups in total. The lowest BCUT2D eigenvalue weighted by Gasteiger charge is -2.51. The summed E-state index contributed by atoms with van der Waals surface area (Å²) in [6.45, 7) is 6.42. The Labute approximate surface area is 180 Å². The Kier molecular flexibility index (Phi) is 7.05. The molecule has 6 atom stereocenters. The first-order valence-electron chi connectivity index (χ1n) is 10.0. The van der Waals surface area contributed by atoms with Crippen molar-refractivity contribution in [3.63, 3.8) is 0 Å². The van der Waals surface area contributed by atoms with Crippen LogP contribution < -0.4 is 14.8 Å². The van der Waals surface area contributed by atoms with Crippen LogP contribution >= 0.6 is 0 Å². The molecule has 10 heteroatoms. The molecule has 2 aliphatic rings. The third kappa shape index (κ3) is 5.45. The predicted octanol–water partition coefficient (Wildman–Crippen LogP) is 1.31. The van der Waals surface area contributed by atoms with Crippen molar-refractivity contribution in [1.82, 2.24) is 5.32 Å². The smallest absolute Gasteiger partial charge is 0.332 e. The first kappa shape index (κ1) is 23.3. The van der Waals surface area contributed by atoms with Crippen molar-refractivity contribution in [1.29, 1.82) is 0 Å². The van der Waals surface area contributed by atoms with Crippen LogP contribution in [0.2, 0.25) is 0 Å². The molecule has 1 aromatic rings. The zero-order valence-corrected chi connectivity index (χ0v) is 18.2. The summed E-state index contributed by atoms with van der Waals surface area (Å²) < 4.78 is 35.1. The third-order valence-electron chi connectivity index (χ3n) is 5.05. The lowest BCUT2D eigenvalue weighted by molar-refractivity contribution is -0.366. The molecule has 2 saturated heterocycles. The number of hydrogen-bond donors (Lipinski definition) is 2. The van der Waals surface area contributed by atoms with Crippen LogP contribution in [0.1, 0.15) is 27.7 Å². The van der Waals surface area contributed by atoms with E-state index in [0.29, 0.717) is 11.5 Å². The van der Waals surface area contributed by atoms with Crippen LogP contribution in [0.25, 0.3) is 0 Å². The fraction of sp³-hybridized carbons (Fsp3) is 0.619. The van der Waals surface area contributed by atoms with E-state index in [1.807, 2.05) is 0 Å². The second-order valence-corrected chi connectivity index (χ2v) is 7.91. The van der Waals surface area contributed by atoms with Crippen molar-refractivity contribution in [2.24, 2.45) is 0 Å². The zero-order valence-electron chi connectivity index (χ0n) is 18.2. The van der Waals surface area contributed by atoms with E-state index in [4.69, 9.17) is 28.4 Å². The summed E-state index contributed by atoms with van der Waals surface area (Å²) >= 11 is 0. The summed E-state index contributed by atoms with van der Waals surface area (Å²) in [5.74, 6) is -1.56. The highest BCUT2D eigenvalue weighted by Crippen LogP contribution is 2.36. The Morgan fingerprint density at radius 2 is 1.94 bits per heavy atom. The largest absolute Gasteiger partial charge is 0.493 e. The maximum absolute atomic E-state index is 12.0. The van der Waals surface area contributed by atoms with Gasteiger partial charge in [0.1, 0.15) is 24.4 Å². The highest BCUT2D eigenvalue weighted by molar-refractivity contribution is 5.73. The van der Waals surface area contributed by atoms with Gasteiger partial charge in [0, 0.05) is 6.92 Å². The maximum Gasteiger partial charge on any atom is 0.332 e. The number of methoxy groups -OCH3 is 1. The standard InChI is InChI=1S/C21H29NO9/c1-11(19(24)25)28-18-16(22-12(2)23)20(29-14-9-7-6-8-13(14)26-5)30-15-10-27-21(3,4)31-17(15)18/h6-9,11,15-18,20H,10H2,1-5H3,(H,22,23)(H,24,25). The quantitative estimate of drug-likeness (QED) is 0.647. The highest BCUT2D eigenvalue weighted by Gasteiger charge is 2.54. The van der Waals surface area contributed by atoms with E-state index < -0.39 is 48.5 Å². The number of para-hydroxylation sites is 2. The highest BCUT2D eigenvalue weighted by atomic mass is 16.8. The second-order valence-electron chi connectivity index (χ2n) is 7.91. The monoisotopic (exact) mass is 439 g/mol. The Hall–Kier alpha value is -2.40. The normalized spacial score (nSPS) is 30.5. The van der Waals surface area contributed by atoms with Crippen LogP contribution in [0, 0.1) is 0 Å². The minimum Gasteiger partial charge on any atom is -0.493 e. The number of fused-ring (bicyclic) bond motifs is 1. The van der Waals surface area contributed by atoms with Crippen molar-refractivity contribution in [2.45, 2.75) is 70.2 Å². The van der Waals surface area contributed by atoms with Crippen LogP contribution in [-0.2, 0) is 28.5 Å². The molecule has 172 valence electrons. The van der Waals surface area contributed by atoms with E-state index in [2.05, 4.69) is 5.32 Å². The molecule has 0 saturated carbocycles. The van der Waals surface area contributed by atoms with Gasteiger partial charge in [-0.2, -0.15) is 0 Å². The van der Waals surface area contributed by atoms with E-state index in [-0.39, 0.29) is 12.5 Å². The molecule has 2 aliphatic heterocycles. The van der Waals surface area contributed by atoms with E-state index in [1.165, 1.54) is 21.0 Å². The molecule has 1 amide bonds. The molecule has 0 aliphatic carbocycles. The Bertz CT molecular complexity index is 799. The summed E-state index contributed by atoms with van der Waals surface area (Å²) in [7, 11) is 1.51. The number of amides is 1. The first-order chi connectivity index (χ1) is 14.6. The van der Waals surface area contributed by atoms with Gasteiger partial charge in [0.15, 0.2) is 23.4 Å². The van der Waals surface area contributed by atoms with E-state index in [1.54, 1.807) is 38.1 Å². The molecule has 3 rings (SSSR count). The summed E-state index contributed by atoms with van der Waals surface area (Å²) in [5.41, 5.74) is 0. The van der Waals surface area contributed by atoms with Crippen molar-refractivity contribution in [2.75, 3.05) is 13.7 Å². The third-order valence-corrected chi connectivity index (χ3v) is 5.05. The van der Waals surface area contributed by atoms with Crippen LogP contribution in [0.15, 0.2) is 24.3 Å². The van der Waals surface area contributed by atoms with Crippen LogP contribution in [0.4, 0.5) is 0 Å². The zero-order chi connectivity index (χ0) is 22.8. The van der Waals surface area contributed by atoms with Crippen molar-refractivity contribution in [3.05, 3.63) is 24.3 Å². The minimum absolute atomic E-state index is 0.178. The fourth-order valence-electron chi connectivity index (χ4n) is 3.61. The molecule has 2 heterocycles. The number of carboxylic acid groups (broad SMARTS) is 1. The van der Waals surface area contributed by atoms with Crippen molar-refractivity contribution in [3.8, 4) is 11.5 Å². The number of carboxylic acids is 1. The number of aliphatic carboxylic acids is 1. The van der Waals surface area contributed by atoms with Crippen LogP contribution in [0.5, 0.6) is 11.5 Å². The van der Waals surface area contributed by atoms with Gasteiger partial charge in [-0.3, -0.25) is 4.79 Å². The van der Waals surface area contributed by atoms with Gasteiger partial charge in [0.2, 0.25) is 12.2 Å². The molecule has 10 nitrogen and oxygen atoms in total. The Morgan fingerprint density at radius 1 is 1.26 bits per heavy atom. The lowest BCUT2D eigenvalue weighted by atomic mass is 9.94. The molecule has 0 radical (unpaired) electrons. The summed E-state index contributed by atoms with van der Waals surface area (Å²) in [5, 5.41) is 12.2. The van der Waals surface area contributed by atoms with Gasteiger partial charge in [-0.15, -0.1) is 0 Å². The van der Waals surface area contributed by atoms with E-state index in [0.717, 1.165) is 0 Å². The SMILES string of the molecule is COc1ccccc1OC1OC2COC(C)(C)OC2C(OC(C)C(=O)O)C1NC(C)=O. The van der Waals surface area contributed by atoms with Gasteiger partial charge < -0.3 is 38.8 Å². The number of rotatable bonds is 7. The van der Waals surface area contributed by atoms with E-state index in [9.17, 15) is 14.7 Å². The van der Waals surface area contributed by atoms with Gasteiger partial charge in [0.25, 0.3) is 0 Å². The average molecular weight is 439 g/mol. The average Bonchev–Trinajstić information content (AvgIpc) is 2.70. The molecular weight excluding hydrogens is 410 g/mol. The summed E-state index contributed by atoms with van der Waals surface area (Å²) in [4.78, 5) is 23.5. The van der Waals surface area contributed by atoms with Gasteiger partial charge in [-0.25, -0.2) is 4.79 Å². The number of carbonyl (C=O) groups is 2. The first-order valence-corrected chi connectivity index (χ1v) is 10.0. The molecule has 2 fully saturated rings. The van der Waals surface area contributed by atoms with Crippen molar-refractivity contribution >= 4 is 11.9 Å². The van der Waals surface area contributed by atoms with Gasteiger partial charge in [-0.1, -0.05) is 12.1 Å². The van der Waals surface area contributed by atoms with Crippen molar-refractivity contribution < 1.29 is 43.1 Å². The predicted molar refractivity (Wildman–Crippen MR) is 107 cm³/mol. The Morgan fingerprint density at radius 3 is 2.55 bits per heavy atom. The van der Waals surface area contributed by atoms with Gasteiger partial charge in [-0.05, 0) is 32.9 Å². The van der Waals surface area contributed by atoms with Crippen LogP contribution in [0.3, 0.4) is 0 Å². The number of carbonyl (C=O) groups excluding carboxylic acids is 1. The number of benzene rings is 1. The van der Waals surface area contributed by atoms with Crippen LogP contribution in [-0.4, -0.2) is 73.2 Å². The molecule has 31 heavy (non-hydrogen) atoms. The van der Waals surface area contributed by atoms with Gasteiger partial charge in [0.05, 0.1) is 13.7 Å². The molecule has 0 bridgehead atoms. The summed E-state index contributed by atoms with van der Waals surface area (Å²) in [6, 6.07) is 6.13. The Balaban J connectivity index is 1.96. The number of nitrogens with one attached hydrogen (secondary N) is 1. The maximum atomic E-state index is 12.0. The van der Waals surface area contributed by atoms with Gasteiger partial charge >= 0.3 is 5.97 Å². The fourth-order valence-corrected chi connectivity index (χ4v) is 3.61. The molecule has 0 spiro atoms. The second kappa shape index (κ2) is 9.39. The molecular formula is C21H29NO9. The van der Waals surface area contributed by atoms with E-state index >= 15 is 0 Å².